The molecule has 1 aliphatic rings. The number of nitrogens with one attached hydrogen (secondary N) is 1. The first-order chi connectivity index (χ1) is 11.8. The fourth-order valence-corrected chi connectivity index (χ4v) is 3.09. The standard InChI is InChI=1S/C19H20N2O3/c22-14(12-21-10-11-23-19-6-2-1-5-17(19)21)13-24-18-7-3-4-16-15(18)8-9-20-16/h1-9,14,20,22H,10-13H2. The summed E-state index contributed by atoms with van der Waals surface area (Å²) < 4.78 is 11.5. The van der Waals surface area contributed by atoms with Gasteiger partial charge in [-0.25, -0.2) is 0 Å². The van der Waals surface area contributed by atoms with Gasteiger partial charge in [-0.05, 0) is 30.3 Å². The molecule has 0 amide bonds. The lowest BCUT2D eigenvalue weighted by molar-refractivity contribution is 0.111. The number of fused-ring (bicyclic) bond motifs is 2. The number of hydrogen-bond acceptors (Lipinski definition) is 4. The molecule has 2 heterocycles. The zero-order chi connectivity index (χ0) is 16.4. The molecule has 0 saturated heterocycles. The van der Waals surface area contributed by atoms with E-state index in [9.17, 15) is 5.11 Å². The van der Waals surface area contributed by atoms with Crippen LogP contribution >= 0.6 is 0 Å². The minimum Gasteiger partial charge on any atom is -0.490 e. The van der Waals surface area contributed by atoms with Crippen LogP contribution in [0.4, 0.5) is 5.69 Å². The molecule has 2 N–H and O–H groups in total. The van der Waals surface area contributed by atoms with Crippen molar-refractivity contribution in [2.45, 2.75) is 6.10 Å². The molecule has 5 nitrogen and oxygen atoms in total. The highest BCUT2D eigenvalue weighted by Gasteiger charge is 2.20. The molecular formula is C19H20N2O3. The molecule has 0 bridgehead atoms. The van der Waals surface area contributed by atoms with Gasteiger partial charge in [0, 0.05) is 23.6 Å². The van der Waals surface area contributed by atoms with E-state index in [1.165, 1.54) is 0 Å². The third kappa shape index (κ3) is 2.90. The lowest BCUT2D eigenvalue weighted by Gasteiger charge is -2.32. The second kappa shape index (κ2) is 6.45. The number of nitrogens with zero attached hydrogens (tertiary/aromatic N) is 1. The number of benzene rings is 2. The number of H-pyrrole nitrogens is 1. The highest BCUT2D eigenvalue weighted by atomic mass is 16.5. The van der Waals surface area contributed by atoms with Crippen molar-refractivity contribution in [3.05, 3.63) is 54.7 Å². The first-order valence-corrected chi connectivity index (χ1v) is 8.15. The summed E-state index contributed by atoms with van der Waals surface area (Å²) in [4.78, 5) is 5.30. The fourth-order valence-electron chi connectivity index (χ4n) is 3.09. The van der Waals surface area contributed by atoms with Gasteiger partial charge in [-0.2, -0.15) is 0 Å². The quantitative estimate of drug-likeness (QED) is 0.758. The number of aromatic amines is 1. The number of β-amino-alcohol motifs (C(OH)–C–C–N with tert-alkyl or cyclic N) is 1. The topological polar surface area (TPSA) is 57.7 Å². The Morgan fingerprint density at radius 1 is 1.17 bits per heavy atom. The van der Waals surface area contributed by atoms with Crippen molar-refractivity contribution < 1.29 is 14.6 Å². The molecule has 0 radical (unpaired) electrons. The molecule has 0 fully saturated rings. The second-order valence-corrected chi connectivity index (χ2v) is 5.92. The van der Waals surface area contributed by atoms with Crippen LogP contribution in [0.1, 0.15) is 0 Å². The Labute approximate surface area is 140 Å². The van der Waals surface area contributed by atoms with Crippen molar-refractivity contribution >= 4 is 16.6 Å². The van der Waals surface area contributed by atoms with E-state index in [-0.39, 0.29) is 6.61 Å². The van der Waals surface area contributed by atoms with E-state index in [1.54, 1.807) is 0 Å². The second-order valence-electron chi connectivity index (χ2n) is 5.92. The van der Waals surface area contributed by atoms with Gasteiger partial charge >= 0.3 is 0 Å². The van der Waals surface area contributed by atoms with Gasteiger partial charge in [-0.1, -0.05) is 18.2 Å². The van der Waals surface area contributed by atoms with Gasteiger partial charge in [0.25, 0.3) is 0 Å². The van der Waals surface area contributed by atoms with Gasteiger partial charge < -0.3 is 24.5 Å². The number of aliphatic hydroxyl groups is 1. The molecule has 124 valence electrons. The molecule has 0 saturated carbocycles. The number of anilines is 1. The van der Waals surface area contributed by atoms with E-state index in [1.807, 2.05) is 54.7 Å². The third-order valence-corrected chi connectivity index (χ3v) is 4.24. The van der Waals surface area contributed by atoms with Crippen molar-refractivity contribution in [2.75, 3.05) is 31.2 Å². The third-order valence-electron chi connectivity index (χ3n) is 4.24. The highest BCUT2D eigenvalue weighted by molar-refractivity contribution is 5.85. The van der Waals surface area contributed by atoms with Crippen LogP contribution < -0.4 is 14.4 Å². The maximum Gasteiger partial charge on any atom is 0.142 e. The minimum atomic E-state index is -0.578. The summed E-state index contributed by atoms with van der Waals surface area (Å²) in [5.41, 5.74) is 2.06. The number of rotatable bonds is 5. The Balaban J connectivity index is 1.41. The molecule has 4 rings (SSSR count). The average molecular weight is 324 g/mol. The molecule has 3 aromatic rings. The van der Waals surface area contributed by atoms with Gasteiger partial charge in [0.1, 0.15) is 30.8 Å². The summed E-state index contributed by atoms with van der Waals surface area (Å²) in [5.74, 6) is 1.66. The fraction of sp³-hybridized carbons (Fsp3) is 0.263. The van der Waals surface area contributed by atoms with Crippen molar-refractivity contribution in [1.29, 1.82) is 0 Å². The molecule has 24 heavy (non-hydrogen) atoms. The van der Waals surface area contributed by atoms with Gasteiger partial charge in [-0.3, -0.25) is 0 Å². The van der Waals surface area contributed by atoms with Gasteiger partial charge in [-0.15, -0.1) is 0 Å². The molecule has 5 heteroatoms. The minimum absolute atomic E-state index is 0.254. The Morgan fingerprint density at radius 3 is 3.04 bits per heavy atom. The number of aliphatic hydroxyl groups excluding tert-OH is 1. The van der Waals surface area contributed by atoms with E-state index in [0.717, 1.165) is 34.6 Å². The molecule has 0 aliphatic carbocycles. The molecule has 1 aliphatic heterocycles. The summed E-state index contributed by atoms with van der Waals surface area (Å²) in [6.07, 6.45) is 1.31. The molecule has 2 aromatic carbocycles. The Morgan fingerprint density at radius 2 is 2.08 bits per heavy atom. The van der Waals surface area contributed by atoms with Crippen LogP contribution in [0.2, 0.25) is 0 Å². The molecule has 0 spiro atoms. The van der Waals surface area contributed by atoms with Crippen LogP contribution in [-0.4, -0.2) is 42.5 Å². The van der Waals surface area contributed by atoms with Gasteiger partial charge in [0.15, 0.2) is 0 Å². The molecule has 1 atom stereocenters. The summed E-state index contributed by atoms with van der Waals surface area (Å²) in [6.45, 7) is 2.17. The van der Waals surface area contributed by atoms with E-state index < -0.39 is 6.10 Å². The maximum atomic E-state index is 10.4. The largest absolute Gasteiger partial charge is 0.490 e. The van der Waals surface area contributed by atoms with Crippen LogP contribution in [0, 0.1) is 0 Å². The molecular weight excluding hydrogens is 304 g/mol. The van der Waals surface area contributed by atoms with Crippen molar-refractivity contribution in [2.24, 2.45) is 0 Å². The normalized spacial score (nSPS) is 15.0. The zero-order valence-electron chi connectivity index (χ0n) is 13.3. The smallest absolute Gasteiger partial charge is 0.142 e. The van der Waals surface area contributed by atoms with Gasteiger partial charge in [0.05, 0.1) is 12.2 Å². The summed E-state index contributed by atoms with van der Waals surface area (Å²) in [5, 5.41) is 11.4. The predicted octanol–water partition coefficient (Wildman–Crippen LogP) is 2.81. The van der Waals surface area contributed by atoms with Crippen molar-refractivity contribution in [1.82, 2.24) is 4.98 Å². The first kappa shape index (κ1) is 14.9. The Bertz CT molecular complexity index is 830. The summed E-state index contributed by atoms with van der Waals surface area (Å²) in [7, 11) is 0. The number of hydrogen-bond donors (Lipinski definition) is 2. The number of ether oxygens (including phenoxy) is 2. The molecule has 1 aromatic heterocycles. The number of para-hydroxylation sites is 2. The van der Waals surface area contributed by atoms with Crippen LogP contribution in [0.25, 0.3) is 10.9 Å². The lowest BCUT2D eigenvalue weighted by atomic mass is 10.2. The molecule has 1 unspecified atom stereocenters. The maximum absolute atomic E-state index is 10.4. The Hall–Kier alpha value is -2.66. The van der Waals surface area contributed by atoms with Crippen LogP contribution in [0.15, 0.2) is 54.7 Å². The van der Waals surface area contributed by atoms with Crippen LogP contribution in [0.5, 0.6) is 11.5 Å². The first-order valence-electron chi connectivity index (χ1n) is 8.15. The van der Waals surface area contributed by atoms with Gasteiger partial charge in [0.2, 0.25) is 0 Å². The van der Waals surface area contributed by atoms with Crippen LogP contribution in [0.3, 0.4) is 0 Å². The van der Waals surface area contributed by atoms with Crippen molar-refractivity contribution in [3.8, 4) is 11.5 Å². The van der Waals surface area contributed by atoms with E-state index >= 15 is 0 Å². The zero-order valence-corrected chi connectivity index (χ0v) is 13.3. The van der Waals surface area contributed by atoms with Crippen molar-refractivity contribution in [3.63, 3.8) is 0 Å². The lowest BCUT2D eigenvalue weighted by Crippen LogP contribution is -2.40. The monoisotopic (exact) mass is 324 g/mol. The summed E-state index contributed by atoms with van der Waals surface area (Å²) >= 11 is 0. The van der Waals surface area contributed by atoms with Crippen LogP contribution in [-0.2, 0) is 0 Å². The predicted molar refractivity (Wildman–Crippen MR) is 94.0 cm³/mol. The highest BCUT2D eigenvalue weighted by Crippen LogP contribution is 2.31. The average Bonchev–Trinajstić information content (AvgIpc) is 3.09. The number of aromatic nitrogens is 1. The SMILES string of the molecule is OC(COc1cccc2[nH]ccc12)CN1CCOc2ccccc21. The van der Waals surface area contributed by atoms with E-state index in [4.69, 9.17) is 9.47 Å². The van der Waals surface area contributed by atoms with E-state index in [2.05, 4.69) is 9.88 Å². The summed E-state index contributed by atoms with van der Waals surface area (Å²) in [6, 6.07) is 15.8. The Kier molecular flexibility index (Phi) is 4.01. The van der Waals surface area contributed by atoms with E-state index in [0.29, 0.717) is 13.2 Å².